The minimum atomic E-state index is -0.198. The van der Waals surface area contributed by atoms with E-state index in [4.69, 9.17) is 0 Å². The second-order valence-corrected chi connectivity index (χ2v) is 5.71. The van der Waals surface area contributed by atoms with Crippen LogP contribution in [0.1, 0.15) is 26.3 Å². The van der Waals surface area contributed by atoms with E-state index in [1.807, 2.05) is 19.2 Å². The van der Waals surface area contributed by atoms with Gasteiger partial charge in [-0.15, -0.1) is 0 Å². The Balaban J connectivity index is 1.76. The molecule has 3 heterocycles. The molecule has 5 heteroatoms. The van der Waals surface area contributed by atoms with Crippen molar-refractivity contribution in [2.24, 2.45) is 11.8 Å². The van der Waals surface area contributed by atoms with E-state index >= 15 is 0 Å². The summed E-state index contributed by atoms with van der Waals surface area (Å²) < 4.78 is 1.75. The first-order chi connectivity index (χ1) is 9.22. The molecule has 5 nitrogen and oxygen atoms in total. The lowest BCUT2D eigenvalue weighted by atomic mass is 9.93. The van der Waals surface area contributed by atoms with E-state index in [0.717, 1.165) is 26.1 Å². The molecule has 2 aliphatic heterocycles. The molecule has 19 heavy (non-hydrogen) atoms. The summed E-state index contributed by atoms with van der Waals surface area (Å²) in [4.78, 5) is 14.8. The van der Waals surface area contributed by atoms with Crippen LogP contribution in [0, 0.1) is 11.8 Å². The lowest BCUT2D eigenvalue weighted by molar-refractivity contribution is -0.136. The Hall–Kier alpha value is -1.36. The third-order valence-electron chi connectivity index (χ3n) is 4.70. The Morgan fingerprint density at radius 2 is 2.37 bits per heavy atom. The first-order valence-electron chi connectivity index (χ1n) is 7.22. The van der Waals surface area contributed by atoms with Crippen LogP contribution in [-0.4, -0.2) is 46.3 Å². The van der Waals surface area contributed by atoms with Gasteiger partial charge in [-0.3, -0.25) is 9.48 Å². The third-order valence-corrected chi connectivity index (χ3v) is 4.70. The molecule has 0 radical (unpaired) electrons. The number of likely N-dealkylation sites (tertiary alicyclic amines) is 1. The fourth-order valence-corrected chi connectivity index (χ4v) is 3.66. The number of carbonyl (C=O) groups excluding carboxylic acids is 1. The second kappa shape index (κ2) is 4.96. The normalized spacial score (nSPS) is 31.5. The minimum Gasteiger partial charge on any atom is -0.337 e. The number of amides is 1. The van der Waals surface area contributed by atoms with E-state index in [9.17, 15) is 4.79 Å². The van der Waals surface area contributed by atoms with Gasteiger partial charge in [0.25, 0.3) is 0 Å². The molecule has 4 atom stereocenters. The SMILES string of the molecule is CCC1C2CNCC2CN1C(=O)C(C)n1cccn1. The van der Waals surface area contributed by atoms with Crippen molar-refractivity contribution in [3.8, 4) is 0 Å². The highest BCUT2D eigenvalue weighted by Crippen LogP contribution is 2.35. The molecule has 2 aliphatic rings. The largest absolute Gasteiger partial charge is 0.337 e. The van der Waals surface area contributed by atoms with E-state index in [1.165, 1.54) is 0 Å². The molecule has 1 N–H and O–H groups in total. The van der Waals surface area contributed by atoms with E-state index in [0.29, 0.717) is 17.9 Å². The zero-order valence-electron chi connectivity index (χ0n) is 11.6. The summed E-state index contributed by atoms with van der Waals surface area (Å²) in [5, 5.41) is 7.64. The highest BCUT2D eigenvalue weighted by atomic mass is 16.2. The molecule has 3 rings (SSSR count). The topological polar surface area (TPSA) is 50.2 Å². The van der Waals surface area contributed by atoms with Gasteiger partial charge in [0.15, 0.2) is 0 Å². The Labute approximate surface area is 114 Å². The first-order valence-corrected chi connectivity index (χ1v) is 7.22. The number of hydrogen-bond donors (Lipinski definition) is 1. The molecule has 2 saturated heterocycles. The van der Waals surface area contributed by atoms with Gasteiger partial charge in [0, 0.05) is 38.1 Å². The number of hydrogen-bond acceptors (Lipinski definition) is 3. The molecule has 0 bridgehead atoms. The predicted molar refractivity (Wildman–Crippen MR) is 72.6 cm³/mol. The van der Waals surface area contributed by atoms with Crippen LogP contribution < -0.4 is 5.32 Å². The fraction of sp³-hybridized carbons (Fsp3) is 0.714. The van der Waals surface area contributed by atoms with Crippen LogP contribution in [0.5, 0.6) is 0 Å². The molecule has 1 aromatic heterocycles. The van der Waals surface area contributed by atoms with Crippen LogP contribution >= 0.6 is 0 Å². The van der Waals surface area contributed by atoms with E-state index in [2.05, 4.69) is 22.2 Å². The second-order valence-electron chi connectivity index (χ2n) is 5.71. The summed E-state index contributed by atoms with van der Waals surface area (Å²) in [7, 11) is 0. The molecule has 2 fully saturated rings. The van der Waals surface area contributed by atoms with Crippen LogP contribution in [-0.2, 0) is 4.79 Å². The maximum Gasteiger partial charge on any atom is 0.247 e. The zero-order chi connectivity index (χ0) is 13.4. The Bertz CT molecular complexity index is 444. The third kappa shape index (κ3) is 2.06. The fourth-order valence-electron chi connectivity index (χ4n) is 3.66. The van der Waals surface area contributed by atoms with E-state index in [-0.39, 0.29) is 11.9 Å². The Morgan fingerprint density at radius 3 is 3.05 bits per heavy atom. The van der Waals surface area contributed by atoms with Crippen LogP contribution in [0.25, 0.3) is 0 Å². The standard InChI is InChI=1S/C14H22N4O/c1-3-13-12-8-15-7-11(12)9-17(13)14(19)10(2)18-6-4-5-16-18/h4-6,10-13,15H,3,7-9H2,1-2H3. The molecule has 0 saturated carbocycles. The summed E-state index contributed by atoms with van der Waals surface area (Å²) in [6, 6.07) is 2.06. The number of carbonyl (C=O) groups is 1. The van der Waals surface area contributed by atoms with Crippen molar-refractivity contribution < 1.29 is 4.79 Å². The average Bonchev–Trinajstić information content (AvgIpc) is 3.12. The Morgan fingerprint density at radius 1 is 1.53 bits per heavy atom. The first kappa shape index (κ1) is 12.7. The Kier molecular flexibility index (Phi) is 3.31. The summed E-state index contributed by atoms with van der Waals surface area (Å²) in [5.41, 5.74) is 0. The number of rotatable bonds is 3. The van der Waals surface area contributed by atoms with Crippen molar-refractivity contribution in [3.05, 3.63) is 18.5 Å². The maximum absolute atomic E-state index is 12.7. The van der Waals surface area contributed by atoms with Gasteiger partial charge in [0.2, 0.25) is 5.91 Å². The average molecular weight is 262 g/mol. The highest BCUT2D eigenvalue weighted by molar-refractivity contribution is 5.80. The summed E-state index contributed by atoms with van der Waals surface area (Å²) in [5.74, 6) is 1.49. The lowest BCUT2D eigenvalue weighted by Crippen LogP contribution is -2.42. The van der Waals surface area contributed by atoms with Crippen LogP contribution in [0.3, 0.4) is 0 Å². The number of nitrogens with zero attached hydrogens (tertiary/aromatic N) is 3. The van der Waals surface area contributed by atoms with Crippen molar-refractivity contribution in [1.29, 1.82) is 0 Å². The van der Waals surface area contributed by atoms with Crippen LogP contribution in [0.2, 0.25) is 0 Å². The molecule has 1 amide bonds. The molecule has 0 aliphatic carbocycles. The van der Waals surface area contributed by atoms with E-state index in [1.54, 1.807) is 10.9 Å². The molecule has 0 aromatic carbocycles. The molecule has 1 aromatic rings. The van der Waals surface area contributed by atoms with Crippen molar-refractivity contribution in [3.63, 3.8) is 0 Å². The van der Waals surface area contributed by atoms with Crippen molar-refractivity contribution in [1.82, 2.24) is 20.0 Å². The number of fused-ring (bicyclic) bond motifs is 1. The summed E-state index contributed by atoms with van der Waals surface area (Å²) >= 11 is 0. The van der Waals surface area contributed by atoms with Crippen LogP contribution in [0.4, 0.5) is 0 Å². The molecule has 104 valence electrons. The van der Waals surface area contributed by atoms with Crippen molar-refractivity contribution in [2.45, 2.75) is 32.4 Å². The minimum absolute atomic E-state index is 0.198. The van der Waals surface area contributed by atoms with Gasteiger partial charge in [-0.2, -0.15) is 5.10 Å². The number of aromatic nitrogens is 2. The summed E-state index contributed by atoms with van der Waals surface area (Å²) in [6.45, 7) is 7.14. The van der Waals surface area contributed by atoms with Crippen molar-refractivity contribution in [2.75, 3.05) is 19.6 Å². The van der Waals surface area contributed by atoms with Gasteiger partial charge in [-0.25, -0.2) is 0 Å². The molecule has 0 spiro atoms. The van der Waals surface area contributed by atoms with Gasteiger partial charge >= 0.3 is 0 Å². The summed E-state index contributed by atoms with van der Waals surface area (Å²) in [6.07, 6.45) is 4.63. The van der Waals surface area contributed by atoms with Gasteiger partial charge in [-0.05, 0) is 31.2 Å². The van der Waals surface area contributed by atoms with Gasteiger partial charge in [0.1, 0.15) is 6.04 Å². The molecule has 4 unspecified atom stereocenters. The van der Waals surface area contributed by atoms with Gasteiger partial charge in [-0.1, -0.05) is 6.92 Å². The van der Waals surface area contributed by atoms with Gasteiger partial charge in [0.05, 0.1) is 0 Å². The van der Waals surface area contributed by atoms with Crippen molar-refractivity contribution >= 4 is 5.91 Å². The maximum atomic E-state index is 12.7. The molecular weight excluding hydrogens is 240 g/mol. The van der Waals surface area contributed by atoms with E-state index < -0.39 is 0 Å². The highest BCUT2D eigenvalue weighted by Gasteiger charge is 2.45. The quantitative estimate of drug-likeness (QED) is 0.880. The molecular formula is C14H22N4O. The van der Waals surface area contributed by atoms with Gasteiger partial charge < -0.3 is 10.2 Å². The zero-order valence-corrected chi connectivity index (χ0v) is 11.6. The predicted octanol–water partition coefficient (Wildman–Crippen LogP) is 0.900. The smallest absolute Gasteiger partial charge is 0.247 e. The monoisotopic (exact) mass is 262 g/mol. The lowest BCUT2D eigenvalue weighted by Gasteiger charge is -2.29. The number of nitrogens with one attached hydrogen (secondary N) is 1. The van der Waals surface area contributed by atoms with Crippen LogP contribution in [0.15, 0.2) is 18.5 Å².